The van der Waals surface area contributed by atoms with Gasteiger partial charge in [-0.05, 0) is 64.4 Å². The van der Waals surface area contributed by atoms with Gasteiger partial charge in [0.1, 0.15) is 5.82 Å². The lowest BCUT2D eigenvalue weighted by molar-refractivity contribution is -0.130. The van der Waals surface area contributed by atoms with E-state index in [9.17, 15) is 9.18 Å². The van der Waals surface area contributed by atoms with Crippen LogP contribution in [0.15, 0.2) is 30.3 Å². The molecule has 3 heterocycles. The van der Waals surface area contributed by atoms with E-state index >= 15 is 0 Å². The van der Waals surface area contributed by atoms with E-state index < -0.39 is 0 Å². The molecule has 1 aliphatic heterocycles. The molecule has 4 rings (SSSR count). The normalized spacial score (nSPS) is 14.5. The lowest BCUT2D eigenvalue weighted by Gasteiger charge is -2.24. The molecule has 0 radical (unpaired) electrons. The van der Waals surface area contributed by atoms with Gasteiger partial charge in [0.25, 0.3) is 5.95 Å². The summed E-state index contributed by atoms with van der Waals surface area (Å²) >= 11 is 0. The fourth-order valence-corrected chi connectivity index (χ4v) is 4.27. The van der Waals surface area contributed by atoms with Crippen molar-refractivity contribution in [1.82, 2.24) is 24.6 Å². The minimum absolute atomic E-state index is 0.0954. The number of hydrogen-bond donors (Lipinski definition) is 0. The van der Waals surface area contributed by atoms with Crippen LogP contribution in [0.5, 0.6) is 0 Å². The Kier molecular flexibility index (Phi) is 6.21. The highest BCUT2D eigenvalue weighted by atomic mass is 19.1. The second-order valence-corrected chi connectivity index (χ2v) is 8.39. The molecule has 0 unspecified atom stereocenters. The first kappa shape index (κ1) is 21.9. The number of hydrogen-bond acceptors (Lipinski definition) is 5. The second kappa shape index (κ2) is 9.06. The van der Waals surface area contributed by atoms with Crippen molar-refractivity contribution in [2.75, 3.05) is 31.1 Å². The van der Waals surface area contributed by atoms with Crippen molar-refractivity contribution >= 4 is 11.6 Å². The van der Waals surface area contributed by atoms with Crippen LogP contribution in [0.1, 0.15) is 34.8 Å². The smallest absolute Gasteiger partial charge is 0.251 e. The zero-order valence-corrected chi connectivity index (χ0v) is 19.1. The highest BCUT2D eigenvalue weighted by Crippen LogP contribution is 2.20. The highest BCUT2D eigenvalue weighted by molar-refractivity contribution is 5.79. The van der Waals surface area contributed by atoms with E-state index in [1.54, 1.807) is 16.8 Å². The van der Waals surface area contributed by atoms with Crippen molar-refractivity contribution in [3.8, 4) is 5.95 Å². The third-order valence-corrected chi connectivity index (χ3v) is 5.97. The number of benzene rings is 1. The Morgan fingerprint density at radius 3 is 2.34 bits per heavy atom. The molecule has 0 spiro atoms. The van der Waals surface area contributed by atoms with Gasteiger partial charge in [-0.2, -0.15) is 5.10 Å². The number of carbonyl (C=O) groups excluding carboxylic acids is 1. The number of halogens is 1. The topological polar surface area (TPSA) is 67.2 Å². The summed E-state index contributed by atoms with van der Waals surface area (Å²) in [6.07, 6.45) is 1.18. The molecular formula is C24H29FN6O. The predicted molar refractivity (Wildman–Crippen MR) is 122 cm³/mol. The third-order valence-electron chi connectivity index (χ3n) is 5.97. The Morgan fingerprint density at radius 2 is 1.66 bits per heavy atom. The lowest BCUT2D eigenvalue weighted by Crippen LogP contribution is -2.36. The van der Waals surface area contributed by atoms with Crippen LogP contribution >= 0.6 is 0 Å². The van der Waals surface area contributed by atoms with Crippen LogP contribution < -0.4 is 4.90 Å². The average Bonchev–Trinajstić information content (AvgIpc) is 2.92. The van der Waals surface area contributed by atoms with Crippen LogP contribution in [0.25, 0.3) is 5.95 Å². The first-order valence-corrected chi connectivity index (χ1v) is 11.0. The van der Waals surface area contributed by atoms with Gasteiger partial charge in [-0.3, -0.25) is 4.79 Å². The van der Waals surface area contributed by atoms with Crippen LogP contribution in [-0.4, -0.2) is 56.7 Å². The molecule has 0 aliphatic carbocycles. The van der Waals surface area contributed by atoms with Gasteiger partial charge in [0.15, 0.2) is 0 Å². The molecule has 1 saturated heterocycles. The summed E-state index contributed by atoms with van der Waals surface area (Å²) in [6, 6.07) is 8.47. The second-order valence-electron chi connectivity index (χ2n) is 8.39. The molecule has 32 heavy (non-hydrogen) atoms. The van der Waals surface area contributed by atoms with Gasteiger partial charge in [0.2, 0.25) is 5.91 Å². The number of aryl methyl sites for hydroxylation is 3. The van der Waals surface area contributed by atoms with Crippen LogP contribution in [0, 0.1) is 33.5 Å². The predicted octanol–water partition coefficient (Wildman–Crippen LogP) is 3.32. The summed E-state index contributed by atoms with van der Waals surface area (Å²) in [5.41, 5.74) is 5.39. The Labute approximate surface area is 187 Å². The van der Waals surface area contributed by atoms with Gasteiger partial charge in [-0.15, -0.1) is 0 Å². The largest absolute Gasteiger partial charge is 0.370 e. The molecule has 0 atom stereocenters. The zero-order chi connectivity index (χ0) is 22.8. The monoisotopic (exact) mass is 436 g/mol. The SMILES string of the molecule is Cc1cc(C)nc(-n2nc(C)c(CC(=O)N3CCCN(c4ccc(F)cc4)CC3)c2C)n1. The average molecular weight is 437 g/mol. The summed E-state index contributed by atoms with van der Waals surface area (Å²) in [5.74, 6) is 0.391. The van der Waals surface area contributed by atoms with E-state index in [1.165, 1.54) is 12.1 Å². The van der Waals surface area contributed by atoms with Crippen LogP contribution in [0.3, 0.4) is 0 Å². The van der Waals surface area contributed by atoms with E-state index in [0.29, 0.717) is 25.5 Å². The van der Waals surface area contributed by atoms with E-state index in [0.717, 1.165) is 53.5 Å². The maximum atomic E-state index is 13.2. The summed E-state index contributed by atoms with van der Waals surface area (Å²) < 4.78 is 15.0. The van der Waals surface area contributed by atoms with Crippen molar-refractivity contribution in [2.24, 2.45) is 0 Å². The van der Waals surface area contributed by atoms with Crippen molar-refractivity contribution in [2.45, 2.75) is 40.5 Å². The first-order chi connectivity index (χ1) is 15.3. The number of rotatable bonds is 4. The minimum Gasteiger partial charge on any atom is -0.370 e. The molecular weight excluding hydrogens is 407 g/mol. The van der Waals surface area contributed by atoms with Gasteiger partial charge in [-0.1, -0.05) is 0 Å². The van der Waals surface area contributed by atoms with Crippen LogP contribution in [0.4, 0.5) is 10.1 Å². The zero-order valence-electron chi connectivity index (χ0n) is 19.1. The number of nitrogens with zero attached hydrogens (tertiary/aromatic N) is 6. The summed E-state index contributed by atoms with van der Waals surface area (Å²) in [5, 5.41) is 4.62. The summed E-state index contributed by atoms with van der Waals surface area (Å²) in [6.45, 7) is 10.7. The molecule has 2 aromatic heterocycles. The van der Waals surface area contributed by atoms with E-state index in [1.807, 2.05) is 38.7 Å². The summed E-state index contributed by atoms with van der Waals surface area (Å²) in [4.78, 5) is 26.3. The molecule has 1 aliphatic rings. The fourth-order valence-electron chi connectivity index (χ4n) is 4.27. The molecule has 0 N–H and O–H groups in total. The van der Waals surface area contributed by atoms with E-state index in [2.05, 4.69) is 20.0 Å². The van der Waals surface area contributed by atoms with E-state index in [4.69, 9.17) is 0 Å². The van der Waals surface area contributed by atoms with Crippen LogP contribution in [-0.2, 0) is 11.2 Å². The van der Waals surface area contributed by atoms with Gasteiger partial charge >= 0.3 is 0 Å². The Morgan fingerprint density at radius 1 is 0.969 bits per heavy atom. The molecule has 8 heteroatoms. The van der Waals surface area contributed by atoms with Crippen LogP contribution in [0.2, 0.25) is 0 Å². The number of aromatic nitrogens is 4. The number of carbonyl (C=O) groups is 1. The molecule has 1 amide bonds. The maximum absolute atomic E-state index is 13.2. The molecule has 1 fully saturated rings. The molecule has 3 aromatic rings. The summed E-state index contributed by atoms with van der Waals surface area (Å²) in [7, 11) is 0. The standard InChI is InChI=1S/C24H29FN6O/c1-16-14-17(2)27-24(26-16)31-19(4)22(18(3)28-31)15-23(32)30-11-5-10-29(12-13-30)21-8-6-20(25)7-9-21/h6-9,14H,5,10-13,15H2,1-4H3. The molecule has 0 bridgehead atoms. The quantitative estimate of drug-likeness (QED) is 0.628. The number of amides is 1. The van der Waals surface area contributed by atoms with Gasteiger partial charge in [0, 0.05) is 54.5 Å². The van der Waals surface area contributed by atoms with Crippen molar-refractivity contribution < 1.29 is 9.18 Å². The minimum atomic E-state index is -0.238. The maximum Gasteiger partial charge on any atom is 0.251 e. The molecule has 7 nitrogen and oxygen atoms in total. The van der Waals surface area contributed by atoms with Crippen molar-refractivity contribution in [1.29, 1.82) is 0 Å². The highest BCUT2D eigenvalue weighted by Gasteiger charge is 2.23. The van der Waals surface area contributed by atoms with Crippen molar-refractivity contribution in [3.05, 3.63) is 64.5 Å². The van der Waals surface area contributed by atoms with Gasteiger partial charge in [-0.25, -0.2) is 19.0 Å². The molecule has 1 aromatic carbocycles. The lowest BCUT2D eigenvalue weighted by atomic mass is 10.1. The first-order valence-electron chi connectivity index (χ1n) is 11.0. The fraction of sp³-hybridized carbons (Fsp3) is 0.417. The van der Waals surface area contributed by atoms with Gasteiger partial charge in [0.05, 0.1) is 12.1 Å². The number of anilines is 1. The molecule has 168 valence electrons. The molecule has 0 saturated carbocycles. The van der Waals surface area contributed by atoms with Gasteiger partial charge < -0.3 is 9.80 Å². The third kappa shape index (κ3) is 4.64. The Bertz CT molecular complexity index is 1100. The Hall–Kier alpha value is -3.29. The Balaban J connectivity index is 1.47. The van der Waals surface area contributed by atoms with Crippen molar-refractivity contribution in [3.63, 3.8) is 0 Å². The van der Waals surface area contributed by atoms with E-state index in [-0.39, 0.29) is 11.7 Å².